The van der Waals surface area contributed by atoms with Gasteiger partial charge in [-0.25, -0.2) is 0 Å². The Labute approximate surface area is 147 Å². The largest absolute Gasteiger partial charge is 0.354 e. The van der Waals surface area contributed by atoms with Crippen LogP contribution in [0.3, 0.4) is 0 Å². The number of carbonyl (C=O) groups is 3. The summed E-state index contributed by atoms with van der Waals surface area (Å²) in [7, 11) is 0. The molecule has 1 aromatic rings. The van der Waals surface area contributed by atoms with E-state index in [4.69, 9.17) is 0 Å². The Balaban J connectivity index is 2.00. The second-order valence-corrected chi connectivity index (χ2v) is 7.50. The van der Waals surface area contributed by atoms with Crippen LogP contribution in [0.25, 0.3) is 0 Å². The minimum absolute atomic E-state index is 0.00604. The number of rotatable bonds is 6. The highest BCUT2D eigenvalue weighted by molar-refractivity contribution is 8.13. The molecule has 0 saturated carbocycles. The Bertz CT molecular complexity index is 591. The highest BCUT2D eigenvalue weighted by Gasteiger charge is 2.28. The van der Waals surface area contributed by atoms with Crippen LogP contribution in [0.15, 0.2) is 30.3 Å². The third kappa shape index (κ3) is 6.00. The highest BCUT2D eigenvalue weighted by atomic mass is 32.2. The fraction of sp³-hybridized carbons (Fsp3) is 0.500. The maximum absolute atomic E-state index is 12.7. The highest BCUT2D eigenvalue weighted by Crippen LogP contribution is 2.17. The number of hydrogen-bond acceptors (Lipinski definition) is 4. The Hall–Kier alpha value is -1.82. The van der Waals surface area contributed by atoms with E-state index in [2.05, 4.69) is 10.6 Å². The van der Waals surface area contributed by atoms with Gasteiger partial charge in [-0.1, -0.05) is 42.1 Å². The van der Waals surface area contributed by atoms with Crippen molar-refractivity contribution < 1.29 is 14.4 Å². The monoisotopic (exact) mass is 348 g/mol. The number of amides is 2. The molecule has 1 heterocycles. The predicted octanol–water partition coefficient (Wildman–Crippen LogP) is 1.91. The van der Waals surface area contributed by atoms with Crippen molar-refractivity contribution in [1.82, 2.24) is 10.6 Å². The zero-order valence-corrected chi connectivity index (χ0v) is 14.9. The number of nitrogens with one attached hydrogen (secondary N) is 2. The molecule has 2 rings (SSSR count). The van der Waals surface area contributed by atoms with Gasteiger partial charge in [-0.05, 0) is 25.3 Å². The van der Waals surface area contributed by atoms with Crippen LogP contribution < -0.4 is 10.6 Å². The zero-order chi connectivity index (χ0) is 17.5. The van der Waals surface area contributed by atoms with Crippen LogP contribution in [0.4, 0.5) is 0 Å². The lowest BCUT2D eigenvalue weighted by atomic mass is 9.96. The standard InChI is InChI=1S/C18H24N2O3S/c1-12-8-16(10-17(22)19-12)20-18(23)15(11-24-13(2)21)9-14-6-4-3-5-7-14/h3-7,12,15-16H,8-11H2,1-2H3,(H,19,22)(H,20,23)/t12?,15?,16-/m0/s1. The molecule has 1 saturated heterocycles. The summed E-state index contributed by atoms with van der Waals surface area (Å²) in [5.41, 5.74) is 1.07. The predicted molar refractivity (Wildman–Crippen MR) is 95.5 cm³/mol. The van der Waals surface area contributed by atoms with E-state index in [-0.39, 0.29) is 34.9 Å². The van der Waals surface area contributed by atoms with Gasteiger partial charge < -0.3 is 10.6 Å². The Kier molecular flexibility index (Phi) is 6.85. The van der Waals surface area contributed by atoms with E-state index in [9.17, 15) is 14.4 Å². The number of benzene rings is 1. The average molecular weight is 348 g/mol. The Morgan fingerprint density at radius 1 is 1.33 bits per heavy atom. The van der Waals surface area contributed by atoms with Gasteiger partial charge in [0.25, 0.3) is 0 Å². The minimum Gasteiger partial charge on any atom is -0.354 e. The van der Waals surface area contributed by atoms with Crippen molar-refractivity contribution in [2.75, 3.05) is 5.75 Å². The van der Waals surface area contributed by atoms with E-state index < -0.39 is 0 Å². The molecule has 24 heavy (non-hydrogen) atoms. The fourth-order valence-corrected chi connectivity index (χ4v) is 3.60. The van der Waals surface area contributed by atoms with Crippen LogP contribution in [-0.4, -0.2) is 34.8 Å². The Morgan fingerprint density at radius 2 is 2.04 bits per heavy atom. The first-order chi connectivity index (χ1) is 11.4. The first-order valence-electron chi connectivity index (χ1n) is 8.21. The normalized spacial score (nSPS) is 21.7. The zero-order valence-electron chi connectivity index (χ0n) is 14.1. The molecule has 1 aromatic carbocycles. The lowest BCUT2D eigenvalue weighted by Gasteiger charge is -2.29. The minimum atomic E-state index is -0.290. The quantitative estimate of drug-likeness (QED) is 0.823. The molecular weight excluding hydrogens is 324 g/mol. The van der Waals surface area contributed by atoms with Crippen molar-refractivity contribution in [1.29, 1.82) is 0 Å². The number of thioether (sulfide) groups is 1. The molecule has 0 bridgehead atoms. The van der Waals surface area contributed by atoms with Crippen molar-refractivity contribution in [2.45, 2.75) is 45.2 Å². The molecule has 0 aliphatic carbocycles. The fourth-order valence-electron chi connectivity index (χ4n) is 2.90. The van der Waals surface area contributed by atoms with E-state index in [1.165, 1.54) is 18.7 Å². The molecule has 6 heteroatoms. The van der Waals surface area contributed by atoms with Gasteiger partial charge in [-0.3, -0.25) is 14.4 Å². The molecule has 2 unspecified atom stereocenters. The first-order valence-corrected chi connectivity index (χ1v) is 9.19. The summed E-state index contributed by atoms with van der Waals surface area (Å²) in [4.78, 5) is 35.6. The van der Waals surface area contributed by atoms with Crippen molar-refractivity contribution in [3.05, 3.63) is 35.9 Å². The van der Waals surface area contributed by atoms with Crippen LogP contribution in [0.2, 0.25) is 0 Å². The molecule has 1 aliphatic rings. The van der Waals surface area contributed by atoms with E-state index in [0.29, 0.717) is 18.6 Å². The van der Waals surface area contributed by atoms with Gasteiger partial charge in [-0.15, -0.1) is 0 Å². The Morgan fingerprint density at radius 3 is 2.67 bits per heavy atom. The third-order valence-electron chi connectivity index (χ3n) is 4.01. The van der Waals surface area contributed by atoms with Crippen LogP contribution in [0.5, 0.6) is 0 Å². The molecule has 130 valence electrons. The lowest BCUT2D eigenvalue weighted by molar-refractivity contribution is -0.127. The maximum atomic E-state index is 12.7. The lowest BCUT2D eigenvalue weighted by Crippen LogP contribution is -2.51. The maximum Gasteiger partial charge on any atom is 0.224 e. The van der Waals surface area contributed by atoms with Crippen molar-refractivity contribution in [2.24, 2.45) is 5.92 Å². The van der Waals surface area contributed by atoms with Crippen LogP contribution in [0.1, 0.15) is 32.3 Å². The van der Waals surface area contributed by atoms with Crippen LogP contribution in [-0.2, 0) is 20.8 Å². The SMILES string of the molecule is CC(=O)SCC(Cc1ccccc1)C(=O)N[C@@H]1CC(=O)NC(C)C1. The summed E-state index contributed by atoms with van der Waals surface area (Å²) in [6, 6.07) is 9.71. The molecule has 5 nitrogen and oxygen atoms in total. The summed E-state index contributed by atoms with van der Waals surface area (Å²) in [5.74, 6) is 0.0442. The molecule has 2 N–H and O–H groups in total. The second kappa shape index (κ2) is 8.87. The smallest absolute Gasteiger partial charge is 0.224 e. The summed E-state index contributed by atoms with van der Waals surface area (Å²) in [5, 5.41) is 5.86. The molecule has 2 amide bonds. The van der Waals surface area contributed by atoms with Gasteiger partial charge in [-0.2, -0.15) is 0 Å². The van der Waals surface area contributed by atoms with Gasteiger partial charge in [0.2, 0.25) is 11.8 Å². The molecule has 0 aromatic heterocycles. The van der Waals surface area contributed by atoms with Gasteiger partial charge in [0.05, 0.1) is 5.92 Å². The number of carbonyl (C=O) groups excluding carboxylic acids is 3. The summed E-state index contributed by atoms with van der Waals surface area (Å²) < 4.78 is 0. The number of hydrogen-bond donors (Lipinski definition) is 2. The summed E-state index contributed by atoms with van der Waals surface area (Å²) in [6.07, 6.45) is 1.63. The van der Waals surface area contributed by atoms with Crippen molar-refractivity contribution in [3.63, 3.8) is 0 Å². The van der Waals surface area contributed by atoms with E-state index in [1.807, 2.05) is 37.3 Å². The molecular formula is C18H24N2O3S. The molecule has 0 spiro atoms. The second-order valence-electron chi connectivity index (χ2n) is 6.30. The molecule has 0 radical (unpaired) electrons. The van der Waals surface area contributed by atoms with Gasteiger partial charge >= 0.3 is 0 Å². The molecule has 1 aliphatic heterocycles. The number of piperidine rings is 1. The molecule has 3 atom stereocenters. The summed E-state index contributed by atoms with van der Waals surface area (Å²) >= 11 is 1.17. The van der Waals surface area contributed by atoms with Crippen molar-refractivity contribution >= 4 is 28.7 Å². The van der Waals surface area contributed by atoms with Gasteiger partial charge in [0.1, 0.15) is 0 Å². The van der Waals surface area contributed by atoms with Gasteiger partial charge in [0, 0.05) is 31.2 Å². The van der Waals surface area contributed by atoms with Crippen LogP contribution in [0, 0.1) is 5.92 Å². The molecule has 1 fully saturated rings. The summed E-state index contributed by atoms with van der Waals surface area (Å²) in [6.45, 7) is 3.44. The van der Waals surface area contributed by atoms with Crippen molar-refractivity contribution in [3.8, 4) is 0 Å². The van der Waals surface area contributed by atoms with E-state index in [0.717, 1.165) is 12.0 Å². The van der Waals surface area contributed by atoms with E-state index >= 15 is 0 Å². The topological polar surface area (TPSA) is 75.3 Å². The first kappa shape index (κ1) is 18.5. The van der Waals surface area contributed by atoms with E-state index in [1.54, 1.807) is 0 Å². The third-order valence-corrected chi connectivity index (χ3v) is 4.98. The average Bonchev–Trinajstić information content (AvgIpc) is 2.51. The van der Waals surface area contributed by atoms with Crippen LogP contribution >= 0.6 is 11.8 Å². The van der Waals surface area contributed by atoms with Gasteiger partial charge in [0.15, 0.2) is 5.12 Å².